The standard InChI is InChI=1S/C4H9NO3/c1-5-4(6)2-3-8-7/h7H,2-3H2,1H3,(H,5,6). The van der Waals surface area contributed by atoms with Crippen molar-refractivity contribution in [3.05, 3.63) is 0 Å². The lowest BCUT2D eigenvalue weighted by atomic mass is 10.4. The zero-order chi connectivity index (χ0) is 6.41. The average Bonchev–Trinajstić information content (AvgIpc) is 1.83. The number of nitrogens with one attached hydrogen (secondary N) is 1. The topological polar surface area (TPSA) is 58.6 Å². The SMILES string of the molecule is CNC(=O)CCOO. The first-order valence-corrected chi connectivity index (χ1v) is 2.28. The Balaban J connectivity index is 2.99. The lowest BCUT2D eigenvalue weighted by Crippen LogP contribution is -2.18. The van der Waals surface area contributed by atoms with Crippen molar-refractivity contribution in [3.63, 3.8) is 0 Å². The van der Waals surface area contributed by atoms with Crippen LogP contribution < -0.4 is 5.32 Å². The molecule has 1 amide bonds. The third kappa shape index (κ3) is 3.58. The summed E-state index contributed by atoms with van der Waals surface area (Å²) in [5.41, 5.74) is 0. The Hall–Kier alpha value is -0.610. The summed E-state index contributed by atoms with van der Waals surface area (Å²) < 4.78 is 0. The van der Waals surface area contributed by atoms with Crippen LogP contribution in [0.4, 0.5) is 0 Å². The minimum atomic E-state index is -0.140. The van der Waals surface area contributed by atoms with E-state index >= 15 is 0 Å². The molecule has 0 saturated heterocycles. The number of carbonyl (C=O) groups is 1. The number of rotatable bonds is 3. The zero-order valence-corrected chi connectivity index (χ0v) is 4.68. The van der Waals surface area contributed by atoms with E-state index < -0.39 is 0 Å². The first-order chi connectivity index (χ1) is 3.81. The second kappa shape index (κ2) is 4.55. The lowest BCUT2D eigenvalue weighted by molar-refractivity contribution is -0.242. The minimum Gasteiger partial charge on any atom is -0.359 e. The van der Waals surface area contributed by atoms with Crippen molar-refractivity contribution in [2.45, 2.75) is 6.42 Å². The Morgan fingerprint density at radius 2 is 2.50 bits per heavy atom. The van der Waals surface area contributed by atoms with Gasteiger partial charge in [0.15, 0.2) is 0 Å². The van der Waals surface area contributed by atoms with Gasteiger partial charge in [-0.05, 0) is 0 Å². The van der Waals surface area contributed by atoms with Crippen molar-refractivity contribution in [2.75, 3.05) is 13.7 Å². The molecule has 0 unspecified atom stereocenters. The summed E-state index contributed by atoms with van der Waals surface area (Å²) in [5, 5.41) is 10.1. The van der Waals surface area contributed by atoms with Crippen molar-refractivity contribution in [3.8, 4) is 0 Å². The Morgan fingerprint density at radius 1 is 1.88 bits per heavy atom. The van der Waals surface area contributed by atoms with Crippen molar-refractivity contribution < 1.29 is 14.9 Å². The number of carbonyl (C=O) groups excluding carboxylic acids is 1. The van der Waals surface area contributed by atoms with E-state index in [0.717, 1.165) is 0 Å². The molecule has 0 spiro atoms. The van der Waals surface area contributed by atoms with Gasteiger partial charge in [0.1, 0.15) is 0 Å². The van der Waals surface area contributed by atoms with Gasteiger partial charge in [-0.15, -0.1) is 0 Å². The highest BCUT2D eigenvalue weighted by molar-refractivity contribution is 5.75. The van der Waals surface area contributed by atoms with Gasteiger partial charge in [0, 0.05) is 7.05 Å². The van der Waals surface area contributed by atoms with Gasteiger partial charge in [-0.2, -0.15) is 0 Å². The van der Waals surface area contributed by atoms with Gasteiger partial charge in [-0.1, -0.05) is 0 Å². The van der Waals surface area contributed by atoms with E-state index in [1.807, 2.05) is 0 Å². The predicted octanol–water partition coefficient (Wildman–Crippen LogP) is -0.388. The van der Waals surface area contributed by atoms with E-state index in [0.29, 0.717) is 0 Å². The molecule has 2 N–H and O–H groups in total. The molecule has 0 aromatic rings. The number of hydrogen-bond donors (Lipinski definition) is 2. The molecule has 0 aromatic carbocycles. The van der Waals surface area contributed by atoms with Crippen LogP contribution >= 0.6 is 0 Å². The maximum atomic E-state index is 10.3. The third-order valence-electron chi connectivity index (χ3n) is 0.699. The quantitative estimate of drug-likeness (QED) is 0.393. The predicted molar refractivity (Wildman–Crippen MR) is 27.3 cm³/mol. The van der Waals surface area contributed by atoms with E-state index in [9.17, 15) is 4.79 Å². The van der Waals surface area contributed by atoms with Crippen LogP contribution in [0.5, 0.6) is 0 Å². The largest absolute Gasteiger partial charge is 0.359 e. The molecule has 4 heteroatoms. The highest BCUT2D eigenvalue weighted by atomic mass is 17.1. The maximum absolute atomic E-state index is 10.3. The molecule has 0 aliphatic heterocycles. The second-order valence-corrected chi connectivity index (χ2v) is 1.26. The molecule has 0 aliphatic rings. The molecule has 0 atom stereocenters. The zero-order valence-electron chi connectivity index (χ0n) is 4.68. The fraction of sp³-hybridized carbons (Fsp3) is 0.750. The van der Waals surface area contributed by atoms with Crippen LogP contribution in [0, 0.1) is 0 Å². The number of amides is 1. The summed E-state index contributed by atoms with van der Waals surface area (Å²) in [4.78, 5) is 13.9. The monoisotopic (exact) mass is 119 g/mol. The summed E-state index contributed by atoms with van der Waals surface area (Å²) >= 11 is 0. The molecule has 0 saturated carbocycles. The fourth-order valence-corrected chi connectivity index (χ4v) is 0.263. The lowest BCUT2D eigenvalue weighted by Gasteiger charge is -1.93. The summed E-state index contributed by atoms with van der Waals surface area (Å²) in [6, 6.07) is 0. The van der Waals surface area contributed by atoms with E-state index in [2.05, 4.69) is 10.2 Å². The van der Waals surface area contributed by atoms with E-state index in [-0.39, 0.29) is 18.9 Å². The summed E-state index contributed by atoms with van der Waals surface area (Å²) in [7, 11) is 1.53. The van der Waals surface area contributed by atoms with Crippen LogP contribution in [0.1, 0.15) is 6.42 Å². The molecule has 0 radical (unpaired) electrons. The molecular formula is C4H9NO3. The summed E-state index contributed by atoms with van der Waals surface area (Å²) in [5.74, 6) is -0.140. The van der Waals surface area contributed by atoms with Crippen molar-refractivity contribution in [1.29, 1.82) is 0 Å². The van der Waals surface area contributed by atoms with Crippen LogP contribution in [-0.2, 0) is 9.68 Å². The van der Waals surface area contributed by atoms with Gasteiger partial charge in [0.2, 0.25) is 5.91 Å². The highest BCUT2D eigenvalue weighted by Crippen LogP contribution is 1.76. The fourth-order valence-electron chi connectivity index (χ4n) is 0.263. The van der Waals surface area contributed by atoms with Gasteiger partial charge < -0.3 is 5.32 Å². The average molecular weight is 119 g/mol. The number of hydrogen-bond acceptors (Lipinski definition) is 3. The van der Waals surface area contributed by atoms with Crippen LogP contribution in [0.3, 0.4) is 0 Å². The normalized spacial score (nSPS) is 8.75. The Kier molecular flexibility index (Phi) is 4.20. The Bertz CT molecular complexity index is 73.7. The van der Waals surface area contributed by atoms with Gasteiger partial charge in [-0.3, -0.25) is 10.1 Å². The van der Waals surface area contributed by atoms with E-state index in [1.54, 1.807) is 0 Å². The molecule has 0 rings (SSSR count). The maximum Gasteiger partial charge on any atom is 0.222 e. The first-order valence-electron chi connectivity index (χ1n) is 2.28. The summed E-state index contributed by atoms with van der Waals surface area (Å²) in [6.45, 7) is 0.0552. The molecule has 8 heavy (non-hydrogen) atoms. The molecule has 0 aromatic heterocycles. The first kappa shape index (κ1) is 7.39. The van der Waals surface area contributed by atoms with Gasteiger partial charge >= 0.3 is 0 Å². The Morgan fingerprint density at radius 3 is 2.88 bits per heavy atom. The van der Waals surface area contributed by atoms with Crippen molar-refractivity contribution in [1.82, 2.24) is 5.32 Å². The minimum absolute atomic E-state index is 0.0552. The molecule has 0 aliphatic carbocycles. The molecule has 0 bridgehead atoms. The van der Waals surface area contributed by atoms with Gasteiger partial charge in [0.05, 0.1) is 13.0 Å². The summed E-state index contributed by atoms with van der Waals surface area (Å²) in [6.07, 6.45) is 0.201. The second-order valence-electron chi connectivity index (χ2n) is 1.26. The van der Waals surface area contributed by atoms with Crippen LogP contribution in [0.15, 0.2) is 0 Å². The molecule has 0 heterocycles. The van der Waals surface area contributed by atoms with Crippen LogP contribution in [-0.4, -0.2) is 24.8 Å². The highest BCUT2D eigenvalue weighted by Gasteiger charge is 1.94. The molecule has 48 valence electrons. The smallest absolute Gasteiger partial charge is 0.222 e. The molecule has 0 fully saturated rings. The van der Waals surface area contributed by atoms with Crippen molar-refractivity contribution >= 4 is 5.91 Å². The van der Waals surface area contributed by atoms with E-state index in [1.165, 1.54) is 7.05 Å². The van der Waals surface area contributed by atoms with Crippen LogP contribution in [0.25, 0.3) is 0 Å². The Labute approximate surface area is 47.4 Å². The van der Waals surface area contributed by atoms with Crippen molar-refractivity contribution in [2.24, 2.45) is 0 Å². The van der Waals surface area contributed by atoms with Gasteiger partial charge in [-0.25, -0.2) is 4.89 Å². The third-order valence-corrected chi connectivity index (χ3v) is 0.699. The van der Waals surface area contributed by atoms with Crippen LogP contribution in [0.2, 0.25) is 0 Å². The molecule has 4 nitrogen and oxygen atoms in total. The molecular weight excluding hydrogens is 110 g/mol. The van der Waals surface area contributed by atoms with E-state index in [4.69, 9.17) is 5.26 Å². The van der Waals surface area contributed by atoms with Gasteiger partial charge in [0.25, 0.3) is 0 Å².